The lowest BCUT2D eigenvalue weighted by Crippen LogP contribution is -2.15. The van der Waals surface area contributed by atoms with E-state index in [1.165, 1.54) is 33.6 Å². The van der Waals surface area contributed by atoms with Gasteiger partial charge in [-0.2, -0.15) is 4.98 Å². The summed E-state index contributed by atoms with van der Waals surface area (Å²) in [6, 6.07) is 8.80. The summed E-state index contributed by atoms with van der Waals surface area (Å²) in [6.07, 6.45) is 1.70. The van der Waals surface area contributed by atoms with Crippen molar-refractivity contribution in [3.63, 3.8) is 0 Å². The number of thiazole rings is 1. The highest BCUT2D eigenvalue weighted by Crippen LogP contribution is 2.24. The van der Waals surface area contributed by atoms with Crippen LogP contribution in [0, 0.1) is 0 Å². The Morgan fingerprint density at radius 3 is 2.71 bits per heavy atom. The fraction of sp³-hybridized carbons (Fsp3) is 0.286. The van der Waals surface area contributed by atoms with Crippen molar-refractivity contribution in [1.82, 2.24) is 19.5 Å². The fourth-order valence-corrected chi connectivity index (χ4v) is 4.21. The molecule has 3 aromatic heterocycles. The molecular formula is C21H21N5O3S2. The molecule has 0 aliphatic rings. The number of aromatic nitrogens is 4. The first-order valence-electron chi connectivity index (χ1n) is 9.57. The van der Waals surface area contributed by atoms with Gasteiger partial charge in [-0.15, -0.1) is 23.1 Å². The number of nitrogens with zero attached hydrogens (tertiary/aromatic N) is 4. The lowest BCUT2D eigenvalue weighted by Gasteiger charge is -2.10. The molecule has 0 aliphatic carbocycles. The summed E-state index contributed by atoms with van der Waals surface area (Å²) in [6.45, 7) is 6.03. The molecule has 0 fully saturated rings. The Hall–Kier alpha value is -2.98. The summed E-state index contributed by atoms with van der Waals surface area (Å²) in [7, 11) is 0. The molecule has 1 N–H and O–H groups in total. The number of thioether (sulfide) groups is 1. The second-order valence-electron chi connectivity index (χ2n) is 7.93. The van der Waals surface area contributed by atoms with Gasteiger partial charge in [0.15, 0.2) is 4.96 Å². The zero-order valence-corrected chi connectivity index (χ0v) is 18.9. The van der Waals surface area contributed by atoms with Gasteiger partial charge in [0.25, 0.3) is 5.56 Å². The highest BCUT2D eigenvalue weighted by atomic mass is 32.2. The SMILES string of the molecule is CC(C)(C)c1nc(-c2ccc(NC(=O)CSCc3cc(=O)n4ccsc4n3)cc2)no1. The highest BCUT2D eigenvalue weighted by Gasteiger charge is 2.22. The van der Waals surface area contributed by atoms with E-state index in [1.54, 1.807) is 18.3 Å². The average molecular weight is 456 g/mol. The lowest BCUT2D eigenvalue weighted by molar-refractivity contribution is -0.113. The minimum absolute atomic E-state index is 0.109. The minimum atomic E-state index is -0.212. The largest absolute Gasteiger partial charge is 0.338 e. The molecule has 4 aromatic rings. The molecule has 4 rings (SSSR count). The summed E-state index contributed by atoms with van der Waals surface area (Å²) in [4.78, 5) is 33.8. The third-order valence-corrected chi connectivity index (χ3v) is 6.06. The molecule has 0 radical (unpaired) electrons. The Kier molecular flexibility index (Phi) is 5.92. The van der Waals surface area contributed by atoms with E-state index in [1.807, 2.05) is 38.3 Å². The number of hydrogen-bond acceptors (Lipinski definition) is 8. The average Bonchev–Trinajstić information content (AvgIpc) is 3.38. The lowest BCUT2D eigenvalue weighted by atomic mass is 9.97. The van der Waals surface area contributed by atoms with Crippen LogP contribution in [0.3, 0.4) is 0 Å². The molecule has 0 saturated heterocycles. The van der Waals surface area contributed by atoms with Crippen molar-refractivity contribution >= 4 is 39.7 Å². The molecule has 1 aromatic carbocycles. The van der Waals surface area contributed by atoms with Crippen LogP contribution in [-0.4, -0.2) is 31.2 Å². The number of hydrogen-bond donors (Lipinski definition) is 1. The molecule has 0 unspecified atom stereocenters. The van der Waals surface area contributed by atoms with Gasteiger partial charge < -0.3 is 9.84 Å². The summed E-state index contributed by atoms with van der Waals surface area (Å²) in [5.74, 6) is 1.72. The maximum Gasteiger partial charge on any atom is 0.258 e. The Balaban J connectivity index is 1.31. The van der Waals surface area contributed by atoms with Gasteiger partial charge in [-0.25, -0.2) is 4.98 Å². The van der Waals surface area contributed by atoms with Crippen molar-refractivity contribution < 1.29 is 9.32 Å². The molecule has 160 valence electrons. The number of anilines is 1. The Bertz CT molecular complexity index is 1270. The number of carbonyl (C=O) groups is 1. The first-order valence-corrected chi connectivity index (χ1v) is 11.6. The molecule has 31 heavy (non-hydrogen) atoms. The first kappa shape index (κ1) is 21.3. The van der Waals surface area contributed by atoms with Crippen molar-refractivity contribution in [2.75, 3.05) is 11.1 Å². The van der Waals surface area contributed by atoms with Crippen LogP contribution in [0.2, 0.25) is 0 Å². The highest BCUT2D eigenvalue weighted by molar-refractivity contribution is 7.99. The molecule has 0 atom stereocenters. The van der Waals surface area contributed by atoms with Crippen LogP contribution < -0.4 is 10.9 Å². The van der Waals surface area contributed by atoms with Crippen molar-refractivity contribution in [2.45, 2.75) is 31.9 Å². The number of nitrogens with one attached hydrogen (secondary N) is 1. The van der Waals surface area contributed by atoms with Crippen LogP contribution in [0.4, 0.5) is 5.69 Å². The topological polar surface area (TPSA) is 102 Å². The van der Waals surface area contributed by atoms with Gasteiger partial charge in [-0.1, -0.05) is 25.9 Å². The predicted octanol–water partition coefficient (Wildman–Crippen LogP) is 3.98. The third-order valence-electron chi connectivity index (χ3n) is 4.33. The predicted molar refractivity (Wildman–Crippen MR) is 123 cm³/mol. The Labute approximate surface area is 186 Å². The number of carbonyl (C=O) groups excluding carboxylic acids is 1. The zero-order valence-electron chi connectivity index (χ0n) is 17.3. The smallest absolute Gasteiger partial charge is 0.258 e. The monoisotopic (exact) mass is 455 g/mol. The van der Waals surface area contributed by atoms with Crippen LogP contribution in [-0.2, 0) is 16.0 Å². The van der Waals surface area contributed by atoms with Gasteiger partial charge in [-0.05, 0) is 24.3 Å². The van der Waals surface area contributed by atoms with E-state index in [0.29, 0.717) is 33.8 Å². The molecule has 3 heterocycles. The number of fused-ring (bicyclic) bond motifs is 1. The van der Waals surface area contributed by atoms with E-state index in [0.717, 1.165) is 5.56 Å². The molecule has 10 heteroatoms. The van der Waals surface area contributed by atoms with Crippen molar-refractivity contribution in [2.24, 2.45) is 0 Å². The second kappa shape index (κ2) is 8.64. The van der Waals surface area contributed by atoms with Crippen molar-refractivity contribution in [3.8, 4) is 11.4 Å². The zero-order chi connectivity index (χ0) is 22.0. The van der Waals surface area contributed by atoms with Crippen LogP contribution >= 0.6 is 23.1 Å². The van der Waals surface area contributed by atoms with Crippen LogP contribution in [0.15, 0.2) is 51.2 Å². The quantitative estimate of drug-likeness (QED) is 0.469. The number of amides is 1. The Morgan fingerprint density at radius 1 is 1.23 bits per heavy atom. The van der Waals surface area contributed by atoms with Crippen molar-refractivity contribution in [3.05, 3.63) is 63.8 Å². The van der Waals surface area contributed by atoms with E-state index >= 15 is 0 Å². The molecular weight excluding hydrogens is 434 g/mol. The number of benzene rings is 1. The molecule has 0 spiro atoms. The van der Waals surface area contributed by atoms with Gasteiger partial charge in [0, 0.05) is 40.1 Å². The summed E-state index contributed by atoms with van der Waals surface area (Å²) >= 11 is 2.82. The van der Waals surface area contributed by atoms with E-state index < -0.39 is 0 Å². The Morgan fingerprint density at radius 2 is 2.00 bits per heavy atom. The second-order valence-corrected chi connectivity index (χ2v) is 9.79. The van der Waals surface area contributed by atoms with E-state index in [9.17, 15) is 9.59 Å². The van der Waals surface area contributed by atoms with Gasteiger partial charge >= 0.3 is 0 Å². The minimum Gasteiger partial charge on any atom is -0.338 e. The molecule has 0 bridgehead atoms. The molecule has 0 aliphatic heterocycles. The molecule has 1 amide bonds. The van der Waals surface area contributed by atoms with Crippen LogP contribution in [0.1, 0.15) is 32.4 Å². The van der Waals surface area contributed by atoms with Crippen LogP contribution in [0.25, 0.3) is 16.3 Å². The fourth-order valence-electron chi connectivity index (χ4n) is 2.76. The van der Waals surface area contributed by atoms with Gasteiger partial charge in [0.1, 0.15) is 0 Å². The maximum absolute atomic E-state index is 12.3. The maximum atomic E-state index is 12.3. The van der Waals surface area contributed by atoms with E-state index in [-0.39, 0.29) is 22.6 Å². The summed E-state index contributed by atoms with van der Waals surface area (Å²) in [5, 5.41) is 8.71. The first-order chi connectivity index (χ1) is 14.8. The van der Waals surface area contributed by atoms with Gasteiger partial charge in [0.2, 0.25) is 17.6 Å². The van der Waals surface area contributed by atoms with Gasteiger partial charge in [0.05, 0.1) is 11.4 Å². The molecule has 0 saturated carbocycles. The summed E-state index contributed by atoms with van der Waals surface area (Å²) in [5.41, 5.74) is 1.85. The summed E-state index contributed by atoms with van der Waals surface area (Å²) < 4.78 is 6.83. The third kappa shape index (κ3) is 5.02. The van der Waals surface area contributed by atoms with Crippen LogP contribution in [0.5, 0.6) is 0 Å². The van der Waals surface area contributed by atoms with Gasteiger partial charge in [-0.3, -0.25) is 14.0 Å². The van der Waals surface area contributed by atoms with Crippen molar-refractivity contribution in [1.29, 1.82) is 0 Å². The molecule has 8 nitrogen and oxygen atoms in total. The number of rotatable bonds is 6. The van der Waals surface area contributed by atoms with E-state index in [2.05, 4.69) is 20.4 Å². The van der Waals surface area contributed by atoms with E-state index in [4.69, 9.17) is 4.52 Å². The normalized spacial score (nSPS) is 11.7. The standard InChI is InChI=1S/C21H21N5O3S2/c1-21(2,3)19-24-18(25-29-19)13-4-6-14(7-5-13)22-16(27)12-30-11-15-10-17(28)26-8-9-31-20(26)23-15/h4-10H,11-12H2,1-3H3,(H,22,27).